The van der Waals surface area contributed by atoms with Gasteiger partial charge in [-0.2, -0.15) is 0 Å². The Morgan fingerprint density at radius 1 is 1.25 bits per heavy atom. The van der Waals surface area contributed by atoms with Crippen LogP contribution < -0.4 is 4.72 Å². The molecule has 1 aromatic rings. The van der Waals surface area contributed by atoms with Crippen LogP contribution in [-0.2, 0) is 10.0 Å². The maximum Gasteiger partial charge on any atom is 0.248 e. The number of aromatic nitrogens is 1. The van der Waals surface area contributed by atoms with Gasteiger partial charge in [-0.1, -0.05) is 12.2 Å². The molecule has 1 heterocycles. The lowest BCUT2D eigenvalue weighted by molar-refractivity contribution is -0.0410. The van der Waals surface area contributed by atoms with Crippen LogP contribution in [0.1, 0.15) is 55.7 Å². The van der Waals surface area contributed by atoms with E-state index in [0.29, 0.717) is 24.4 Å². The number of alkyl halides is 2. The Kier molecular flexibility index (Phi) is 4.64. The van der Waals surface area contributed by atoms with Crippen molar-refractivity contribution in [2.24, 2.45) is 5.92 Å². The molecule has 0 aliphatic heterocycles. The maximum absolute atomic E-state index is 13.2. The van der Waals surface area contributed by atoms with Crippen LogP contribution in [0, 0.1) is 5.92 Å². The number of hydrogen-bond donors (Lipinski definition) is 1. The van der Waals surface area contributed by atoms with Crippen LogP contribution in [0.4, 0.5) is 14.5 Å². The van der Waals surface area contributed by atoms with Crippen molar-refractivity contribution in [2.75, 3.05) is 11.0 Å². The van der Waals surface area contributed by atoms with E-state index in [4.69, 9.17) is 0 Å². The summed E-state index contributed by atoms with van der Waals surface area (Å²) in [6.07, 6.45) is 9.53. The lowest BCUT2D eigenvalue weighted by atomic mass is 9.86. The fraction of sp³-hybridized carbons (Fsp3) is 0.588. The molecule has 2 aliphatic carbocycles. The van der Waals surface area contributed by atoms with E-state index in [0.717, 1.165) is 30.4 Å². The zero-order chi connectivity index (χ0) is 17.4. The Balaban J connectivity index is 1.77. The number of allylic oxidation sites excluding steroid dienone is 1. The van der Waals surface area contributed by atoms with Crippen molar-refractivity contribution in [2.45, 2.75) is 50.4 Å². The van der Waals surface area contributed by atoms with E-state index in [1.54, 1.807) is 6.07 Å². The molecule has 2 saturated carbocycles. The van der Waals surface area contributed by atoms with Gasteiger partial charge in [-0.25, -0.2) is 17.2 Å². The number of hydrogen-bond acceptors (Lipinski definition) is 3. The van der Waals surface area contributed by atoms with Crippen LogP contribution in [0.15, 0.2) is 18.3 Å². The first-order valence-corrected chi connectivity index (χ1v) is 10.1. The third-order valence-corrected chi connectivity index (χ3v) is 5.13. The summed E-state index contributed by atoms with van der Waals surface area (Å²) in [6.45, 7) is 0. The Bertz CT molecular complexity index is 733. The van der Waals surface area contributed by atoms with Crippen LogP contribution in [0.5, 0.6) is 0 Å². The van der Waals surface area contributed by atoms with Gasteiger partial charge in [0.25, 0.3) is 0 Å². The molecule has 24 heavy (non-hydrogen) atoms. The molecule has 3 rings (SSSR count). The molecule has 1 N–H and O–H groups in total. The molecule has 7 heteroatoms. The predicted octanol–water partition coefficient (Wildman–Crippen LogP) is 4.17. The summed E-state index contributed by atoms with van der Waals surface area (Å²) >= 11 is 0. The van der Waals surface area contributed by atoms with E-state index in [2.05, 4.69) is 9.71 Å². The number of rotatable bonds is 5. The molecule has 0 atom stereocenters. The molecule has 4 nitrogen and oxygen atoms in total. The van der Waals surface area contributed by atoms with Gasteiger partial charge < -0.3 is 0 Å². The molecule has 0 aromatic carbocycles. The van der Waals surface area contributed by atoms with Crippen molar-refractivity contribution in [3.63, 3.8) is 0 Å². The fourth-order valence-corrected chi connectivity index (χ4v) is 3.63. The minimum atomic E-state index is -3.36. The van der Waals surface area contributed by atoms with Crippen LogP contribution in [-0.4, -0.2) is 25.6 Å². The monoisotopic (exact) mass is 356 g/mol. The van der Waals surface area contributed by atoms with Crippen LogP contribution >= 0.6 is 0 Å². The van der Waals surface area contributed by atoms with Crippen molar-refractivity contribution in [1.82, 2.24) is 4.98 Å². The molecule has 0 radical (unpaired) electrons. The van der Waals surface area contributed by atoms with E-state index in [1.165, 1.54) is 6.20 Å². The number of nitrogens with zero attached hydrogens (tertiary/aromatic N) is 1. The van der Waals surface area contributed by atoms with Gasteiger partial charge in [-0.3, -0.25) is 9.71 Å². The van der Waals surface area contributed by atoms with Crippen molar-refractivity contribution in [1.29, 1.82) is 0 Å². The lowest BCUT2D eigenvalue weighted by Crippen LogP contribution is -2.23. The molecule has 2 aliphatic rings. The summed E-state index contributed by atoms with van der Waals surface area (Å²) in [6, 6.07) is 1.77. The molecule has 0 amide bonds. The summed E-state index contributed by atoms with van der Waals surface area (Å²) in [4.78, 5) is 4.41. The predicted molar refractivity (Wildman–Crippen MR) is 90.6 cm³/mol. The highest BCUT2D eigenvalue weighted by Gasteiger charge is 2.34. The van der Waals surface area contributed by atoms with Gasteiger partial charge in [0.05, 0.1) is 23.8 Å². The minimum Gasteiger partial charge on any atom is -0.282 e. The van der Waals surface area contributed by atoms with Crippen LogP contribution in [0.25, 0.3) is 6.08 Å². The topological polar surface area (TPSA) is 59.1 Å². The van der Waals surface area contributed by atoms with Crippen molar-refractivity contribution < 1.29 is 17.2 Å². The molecule has 1 aromatic heterocycles. The normalized spacial score (nSPS) is 22.0. The average Bonchev–Trinajstić information content (AvgIpc) is 3.29. The average molecular weight is 356 g/mol. The lowest BCUT2D eigenvalue weighted by Gasteiger charge is -2.26. The van der Waals surface area contributed by atoms with Gasteiger partial charge in [-0.05, 0) is 43.2 Å². The van der Waals surface area contributed by atoms with E-state index in [1.807, 2.05) is 12.2 Å². The number of anilines is 1. The Morgan fingerprint density at radius 2 is 1.92 bits per heavy atom. The van der Waals surface area contributed by atoms with Gasteiger partial charge in [-0.15, -0.1) is 0 Å². The maximum atomic E-state index is 13.2. The van der Waals surface area contributed by atoms with E-state index < -0.39 is 15.9 Å². The molecule has 0 spiro atoms. The summed E-state index contributed by atoms with van der Waals surface area (Å²) in [5.41, 5.74) is 2.27. The third-order valence-electron chi connectivity index (χ3n) is 4.53. The molecule has 2 fully saturated rings. The van der Waals surface area contributed by atoms with E-state index in [-0.39, 0.29) is 18.8 Å². The quantitative estimate of drug-likeness (QED) is 0.861. The summed E-state index contributed by atoms with van der Waals surface area (Å²) in [7, 11) is -3.36. The van der Waals surface area contributed by atoms with E-state index >= 15 is 0 Å². The van der Waals surface area contributed by atoms with Gasteiger partial charge in [0, 0.05) is 18.8 Å². The number of pyridine rings is 1. The molecular formula is C17H22F2N2O2S. The van der Waals surface area contributed by atoms with Gasteiger partial charge >= 0.3 is 0 Å². The largest absolute Gasteiger partial charge is 0.282 e. The molecule has 0 saturated heterocycles. The second-order valence-corrected chi connectivity index (χ2v) is 8.65. The standard InChI is InChI=1S/C17H22F2N2O2S/c1-24(22,23)21-15-10-14(16(20-11-15)13-4-5-13)3-2-12-6-8-17(18,19)9-7-12/h2-3,10-13,21H,4-9H2,1H3. The van der Waals surface area contributed by atoms with Gasteiger partial charge in [0.1, 0.15) is 0 Å². The Hall–Kier alpha value is -1.50. The van der Waals surface area contributed by atoms with Crippen LogP contribution in [0.3, 0.4) is 0 Å². The summed E-state index contributed by atoms with van der Waals surface area (Å²) in [5, 5.41) is 0. The summed E-state index contributed by atoms with van der Waals surface area (Å²) in [5.74, 6) is -1.96. The first-order chi connectivity index (χ1) is 11.2. The number of halogens is 2. The fourth-order valence-electron chi connectivity index (χ4n) is 3.09. The van der Waals surface area contributed by atoms with E-state index in [9.17, 15) is 17.2 Å². The minimum absolute atomic E-state index is 0.0641. The molecule has 0 unspecified atom stereocenters. The Morgan fingerprint density at radius 3 is 2.50 bits per heavy atom. The van der Waals surface area contributed by atoms with Gasteiger partial charge in [0.2, 0.25) is 15.9 Å². The van der Waals surface area contributed by atoms with Crippen molar-refractivity contribution in [3.05, 3.63) is 29.6 Å². The first-order valence-electron chi connectivity index (χ1n) is 8.26. The number of sulfonamides is 1. The number of nitrogens with one attached hydrogen (secondary N) is 1. The van der Waals surface area contributed by atoms with Crippen molar-refractivity contribution in [3.8, 4) is 0 Å². The summed E-state index contributed by atoms with van der Waals surface area (Å²) < 4.78 is 51.7. The zero-order valence-electron chi connectivity index (χ0n) is 13.6. The first kappa shape index (κ1) is 17.3. The smallest absolute Gasteiger partial charge is 0.248 e. The SMILES string of the molecule is CS(=O)(=O)Nc1cnc(C2CC2)c(C=CC2CCC(F)(F)CC2)c1. The molecular weight excluding hydrogens is 334 g/mol. The second kappa shape index (κ2) is 6.43. The highest BCUT2D eigenvalue weighted by Crippen LogP contribution is 2.42. The second-order valence-electron chi connectivity index (χ2n) is 6.90. The van der Waals surface area contributed by atoms with Crippen molar-refractivity contribution >= 4 is 21.8 Å². The highest BCUT2D eigenvalue weighted by atomic mass is 32.2. The molecule has 0 bridgehead atoms. The zero-order valence-corrected chi connectivity index (χ0v) is 14.5. The highest BCUT2D eigenvalue weighted by molar-refractivity contribution is 7.92. The Labute approximate surface area is 141 Å². The van der Waals surface area contributed by atoms with Gasteiger partial charge in [0.15, 0.2) is 0 Å². The van der Waals surface area contributed by atoms with Crippen LogP contribution in [0.2, 0.25) is 0 Å². The third kappa shape index (κ3) is 4.75. The molecule has 132 valence electrons.